The van der Waals surface area contributed by atoms with Crippen molar-refractivity contribution in [3.63, 3.8) is 0 Å². The highest BCUT2D eigenvalue weighted by Crippen LogP contribution is 2.25. The minimum absolute atomic E-state index is 0.307. The monoisotopic (exact) mass is 304 g/mol. The summed E-state index contributed by atoms with van der Waals surface area (Å²) in [4.78, 5) is 12.0. The number of methoxy groups -OCH3 is 1. The van der Waals surface area contributed by atoms with Gasteiger partial charge in [-0.25, -0.2) is 4.79 Å². The minimum atomic E-state index is -0.307. The van der Waals surface area contributed by atoms with Crippen LogP contribution in [0.5, 0.6) is 5.75 Å². The molecule has 0 radical (unpaired) electrons. The molecule has 0 aliphatic rings. The molecule has 0 aromatic heterocycles. The highest BCUT2D eigenvalue weighted by atomic mass is 35.5. The molecule has 2 aromatic carbocycles. The van der Waals surface area contributed by atoms with Gasteiger partial charge < -0.3 is 15.4 Å². The fourth-order valence-corrected chi connectivity index (χ4v) is 2.11. The van der Waals surface area contributed by atoms with Gasteiger partial charge in [0.1, 0.15) is 5.75 Å². The first-order valence-corrected chi connectivity index (χ1v) is 6.91. The van der Waals surface area contributed by atoms with Crippen LogP contribution < -0.4 is 15.4 Å². The zero-order chi connectivity index (χ0) is 15.2. The maximum Gasteiger partial charge on any atom is 0.319 e. The van der Waals surface area contributed by atoms with Crippen molar-refractivity contribution in [2.75, 3.05) is 12.4 Å². The Balaban J connectivity index is 1.99. The lowest BCUT2D eigenvalue weighted by atomic mass is 10.2. The van der Waals surface area contributed by atoms with Gasteiger partial charge in [-0.2, -0.15) is 0 Å². The lowest BCUT2D eigenvalue weighted by Gasteiger charge is -2.12. The molecule has 0 saturated heterocycles. The van der Waals surface area contributed by atoms with E-state index in [-0.39, 0.29) is 6.03 Å². The Labute approximate surface area is 129 Å². The molecule has 0 atom stereocenters. The molecule has 2 amide bonds. The molecule has 0 heterocycles. The standard InChI is InChI=1S/C16H17ClN2O2/c1-11-7-8-15(21-2)14(9-11)19-16(20)18-10-12-5-3-4-6-13(12)17/h3-9H,10H2,1-2H3,(H2,18,19,20). The van der Waals surface area contributed by atoms with Crippen LogP contribution in [0.15, 0.2) is 42.5 Å². The van der Waals surface area contributed by atoms with E-state index in [1.807, 2.05) is 43.3 Å². The van der Waals surface area contributed by atoms with E-state index >= 15 is 0 Å². The second kappa shape index (κ2) is 6.99. The Hall–Kier alpha value is -2.20. The summed E-state index contributed by atoms with van der Waals surface area (Å²) in [6.45, 7) is 2.31. The lowest BCUT2D eigenvalue weighted by Crippen LogP contribution is -2.28. The van der Waals surface area contributed by atoms with Crippen molar-refractivity contribution >= 4 is 23.3 Å². The molecule has 2 aromatic rings. The molecule has 0 spiro atoms. The number of benzene rings is 2. The average molecular weight is 305 g/mol. The predicted octanol–water partition coefficient (Wildman–Crippen LogP) is 3.98. The number of anilines is 1. The van der Waals surface area contributed by atoms with E-state index in [2.05, 4.69) is 10.6 Å². The predicted molar refractivity (Wildman–Crippen MR) is 85.0 cm³/mol. The van der Waals surface area contributed by atoms with Crippen LogP contribution in [-0.4, -0.2) is 13.1 Å². The second-order valence-electron chi connectivity index (χ2n) is 4.60. The Bertz CT molecular complexity index is 644. The number of hydrogen-bond acceptors (Lipinski definition) is 2. The molecule has 2 N–H and O–H groups in total. The fourth-order valence-electron chi connectivity index (χ4n) is 1.90. The van der Waals surface area contributed by atoms with E-state index in [1.165, 1.54) is 0 Å². The Kier molecular flexibility index (Phi) is 5.06. The fraction of sp³-hybridized carbons (Fsp3) is 0.188. The van der Waals surface area contributed by atoms with Crippen LogP contribution in [0.25, 0.3) is 0 Å². The van der Waals surface area contributed by atoms with Gasteiger partial charge in [0.15, 0.2) is 0 Å². The van der Waals surface area contributed by atoms with Crippen molar-refractivity contribution in [2.24, 2.45) is 0 Å². The molecule has 2 rings (SSSR count). The molecular weight excluding hydrogens is 288 g/mol. The summed E-state index contributed by atoms with van der Waals surface area (Å²) in [7, 11) is 1.57. The van der Waals surface area contributed by atoms with Gasteiger partial charge >= 0.3 is 6.03 Å². The number of aryl methyl sites for hydroxylation is 1. The molecule has 21 heavy (non-hydrogen) atoms. The third kappa shape index (κ3) is 4.13. The number of ether oxygens (including phenoxy) is 1. The average Bonchev–Trinajstić information content (AvgIpc) is 2.47. The molecule has 0 aliphatic carbocycles. The van der Waals surface area contributed by atoms with Gasteiger partial charge in [0, 0.05) is 11.6 Å². The maximum absolute atomic E-state index is 12.0. The first-order valence-electron chi connectivity index (χ1n) is 6.53. The normalized spacial score (nSPS) is 10.0. The Morgan fingerprint density at radius 2 is 2.00 bits per heavy atom. The number of hydrogen-bond donors (Lipinski definition) is 2. The number of urea groups is 1. The summed E-state index contributed by atoms with van der Waals surface area (Å²) in [6.07, 6.45) is 0. The van der Waals surface area contributed by atoms with E-state index in [1.54, 1.807) is 13.2 Å². The Morgan fingerprint density at radius 1 is 1.24 bits per heavy atom. The smallest absolute Gasteiger partial charge is 0.319 e. The number of carbonyl (C=O) groups excluding carboxylic acids is 1. The highest BCUT2D eigenvalue weighted by molar-refractivity contribution is 6.31. The topological polar surface area (TPSA) is 50.4 Å². The molecule has 4 nitrogen and oxygen atoms in total. The molecule has 5 heteroatoms. The van der Waals surface area contributed by atoms with Gasteiger partial charge in [-0.3, -0.25) is 0 Å². The van der Waals surface area contributed by atoms with Crippen LogP contribution in [0, 0.1) is 6.92 Å². The molecule has 0 saturated carbocycles. The zero-order valence-corrected chi connectivity index (χ0v) is 12.7. The van der Waals surface area contributed by atoms with Gasteiger partial charge in [-0.15, -0.1) is 0 Å². The summed E-state index contributed by atoms with van der Waals surface area (Å²) < 4.78 is 5.22. The molecule has 0 unspecified atom stereocenters. The summed E-state index contributed by atoms with van der Waals surface area (Å²) in [5.74, 6) is 0.619. The largest absolute Gasteiger partial charge is 0.495 e. The number of nitrogens with one attached hydrogen (secondary N) is 2. The van der Waals surface area contributed by atoms with E-state index < -0.39 is 0 Å². The lowest BCUT2D eigenvalue weighted by molar-refractivity contribution is 0.251. The molecule has 110 valence electrons. The van der Waals surface area contributed by atoms with Crippen LogP contribution in [0.3, 0.4) is 0 Å². The number of halogens is 1. The summed E-state index contributed by atoms with van der Waals surface area (Å²) in [5, 5.41) is 6.17. The zero-order valence-electron chi connectivity index (χ0n) is 11.9. The van der Waals surface area contributed by atoms with Crippen molar-refractivity contribution < 1.29 is 9.53 Å². The summed E-state index contributed by atoms with van der Waals surface area (Å²) >= 11 is 6.04. The quantitative estimate of drug-likeness (QED) is 0.897. The van der Waals surface area contributed by atoms with Crippen molar-refractivity contribution in [3.05, 3.63) is 58.6 Å². The van der Waals surface area contributed by atoms with Gasteiger partial charge in [-0.1, -0.05) is 35.9 Å². The third-order valence-electron chi connectivity index (χ3n) is 3.00. The molecular formula is C16H17ClN2O2. The van der Waals surface area contributed by atoms with E-state index in [4.69, 9.17) is 16.3 Å². The van der Waals surface area contributed by atoms with Crippen LogP contribution in [0.2, 0.25) is 5.02 Å². The van der Waals surface area contributed by atoms with Crippen molar-refractivity contribution in [1.29, 1.82) is 0 Å². The van der Waals surface area contributed by atoms with Crippen LogP contribution in [-0.2, 0) is 6.54 Å². The Morgan fingerprint density at radius 3 is 2.71 bits per heavy atom. The third-order valence-corrected chi connectivity index (χ3v) is 3.37. The van der Waals surface area contributed by atoms with Gasteiger partial charge in [0.25, 0.3) is 0 Å². The SMILES string of the molecule is COc1ccc(C)cc1NC(=O)NCc1ccccc1Cl. The van der Waals surface area contributed by atoms with Crippen LogP contribution >= 0.6 is 11.6 Å². The number of carbonyl (C=O) groups is 1. The van der Waals surface area contributed by atoms with Crippen LogP contribution in [0.4, 0.5) is 10.5 Å². The number of amides is 2. The molecule has 0 aliphatic heterocycles. The van der Waals surface area contributed by atoms with E-state index in [0.29, 0.717) is 23.0 Å². The summed E-state index contributed by atoms with van der Waals surface area (Å²) in [6, 6.07) is 12.7. The van der Waals surface area contributed by atoms with Crippen molar-refractivity contribution in [2.45, 2.75) is 13.5 Å². The highest BCUT2D eigenvalue weighted by Gasteiger charge is 2.08. The van der Waals surface area contributed by atoms with E-state index in [9.17, 15) is 4.79 Å². The van der Waals surface area contributed by atoms with Crippen LogP contribution in [0.1, 0.15) is 11.1 Å². The first-order chi connectivity index (χ1) is 10.1. The first kappa shape index (κ1) is 15.2. The van der Waals surface area contributed by atoms with Gasteiger partial charge in [0.05, 0.1) is 12.8 Å². The molecule has 0 fully saturated rings. The minimum Gasteiger partial charge on any atom is -0.495 e. The number of rotatable bonds is 4. The maximum atomic E-state index is 12.0. The molecule has 0 bridgehead atoms. The van der Waals surface area contributed by atoms with Gasteiger partial charge in [-0.05, 0) is 36.2 Å². The second-order valence-corrected chi connectivity index (χ2v) is 5.01. The van der Waals surface area contributed by atoms with Crippen molar-refractivity contribution in [1.82, 2.24) is 5.32 Å². The van der Waals surface area contributed by atoms with Crippen molar-refractivity contribution in [3.8, 4) is 5.75 Å². The van der Waals surface area contributed by atoms with Gasteiger partial charge in [0.2, 0.25) is 0 Å². The van der Waals surface area contributed by atoms with E-state index in [0.717, 1.165) is 11.1 Å². The summed E-state index contributed by atoms with van der Waals surface area (Å²) in [5.41, 5.74) is 2.54.